The zero-order chi connectivity index (χ0) is 13.8. The topological polar surface area (TPSA) is 35.2 Å². The van der Waals surface area contributed by atoms with E-state index in [4.69, 9.17) is 10.5 Å². The molecular weight excluding hydrogens is 234 g/mol. The van der Waals surface area contributed by atoms with Gasteiger partial charge in [0.2, 0.25) is 0 Å². The zero-order valence-corrected chi connectivity index (χ0v) is 12.5. The molecule has 0 bridgehead atoms. The molecule has 0 amide bonds. The van der Waals surface area contributed by atoms with Crippen molar-refractivity contribution in [2.24, 2.45) is 11.7 Å². The van der Waals surface area contributed by atoms with Gasteiger partial charge in [0.1, 0.15) is 5.75 Å². The second kappa shape index (κ2) is 6.42. The molecule has 2 heteroatoms. The van der Waals surface area contributed by atoms with Crippen LogP contribution in [0.25, 0.3) is 0 Å². The van der Waals surface area contributed by atoms with Gasteiger partial charge < -0.3 is 10.5 Å². The first-order valence-corrected chi connectivity index (χ1v) is 7.52. The highest BCUT2D eigenvalue weighted by molar-refractivity contribution is 5.43. The summed E-state index contributed by atoms with van der Waals surface area (Å²) in [7, 11) is 1.75. The lowest BCUT2D eigenvalue weighted by Crippen LogP contribution is -2.22. The summed E-state index contributed by atoms with van der Waals surface area (Å²) in [5.41, 5.74) is 10.1. The molecule has 0 spiro atoms. The number of aryl methyl sites for hydroxylation is 2. The molecule has 2 rings (SSSR count). The Kier molecular flexibility index (Phi) is 4.87. The highest BCUT2D eigenvalue weighted by Crippen LogP contribution is 2.39. The number of ether oxygens (including phenoxy) is 1. The number of methoxy groups -OCH3 is 1. The van der Waals surface area contributed by atoms with Gasteiger partial charge in [-0.25, -0.2) is 0 Å². The minimum Gasteiger partial charge on any atom is -0.496 e. The van der Waals surface area contributed by atoms with Crippen molar-refractivity contribution in [2.75, 3.05) is 13.7 Å². The van der Waals surface area contributed by atoms with Gasteiger partial charge in [0.15, 0.2) is 0 Å². The Morgan fingerprint density at radius 3 is 2.53 bits per heavy atom. The van der Waals surface area contributed by atoms with E-state index in [9.17, 15) is 0 Å². The molecular formula is C17H27NO. The Morgan fingerprint density at radius 2 is 1.84 bits per heavy atom. The smallest absolute Gasteiger partial charge is 0.122 e. The number of hydrogen-bond donors (Lipinski definition) is 1. The molecule has 1 saturated carbocycles. The lowest BCUT2D eigenvalue weighted by Gasteiger charge is -2.26. The Morgan fingerprint density at radius 1 is 1.11 bits per heavy atom. The predicted molar refractivity (Wildman–Crippen MR) is 80.8 cm³/mol. The molecule has 106 valence electrons. The average Bonchev–Trinajstić information content (AvgIpc) is 2.65. The largest absolute Gasteiger partial charge is 0.496 e. The fourth-order valence-corrected chi connectivity index (χ4v) is 3.51. The zero-order valence-electron chi connectivity index (χ0n) is 12.5. The van der Waals surface area contributed by atoms with Crippen LogP contribution >= 0.6 is 0 Å². The van der Waals surface area contributed by atoms with E-state index in [2.05, 4.69) is 26.0 Å². The molecule has 1 aliphatic carbocycles. The summed E-state index contributed by atoms with van der Waals surface area (Å²) >= 11 is 0. The lowest BCUT2D eigenvalue weighted by molar-refractivity contribution is 0.400. The van der Waals surface area contributed by atoms with E-state index in [1.807, 2.05) is 0 Å². The van der Waals surface area contributed by atoms with Crippen LogP contribution in [-0.4, -0.2) is 13.7 Å². The van der Waals surface area contributed by atoms with Gasteiger partial charge in [-0.1, -0.05) is 25.3 Å². The molecule has 2 nitrogen and oxygen atoms in total. The van der Waals surface area contributed by atoms with Crippen molar-refractivity contribution in [3.63, 3.8) is 0 Å². The van der Waals surface area contributed by atoms with Crippen LogP contribution in [0.5, 0.6) is 5.75 Å². The van der Waals surface area contributed by atoms with Gasteiger partial charge in [-0.05, 0) is 67.8 Å². The molecule has 1 fully saturated rings. The summed E-state index contributed by atoms with van der Waals surface area (Å²) in [6.45, 7) is 5.15. The standard InChI is InChI=1S/C17H27NO/c1-12-10-17(19-3)13(2)9-16(12)15-8-6-4-5-7-14(15)11-18/h9-10,14-15H,4-8,11,18H2,1-3H3. The average molecular weight is 261 g/mol. The van der Waals surface area contributed by atoms with E-state index in [-0.39, 0.29) is 0 Å². The number of hydrogen-bond acceptors (Lipinski definition) is 2. The van der Waals surface area contributed by atoms with Gasteiger partial charge in [-0.15, -0.1) is 0 Å². The van der Waals surface area contributed by atoms with E-state index < -0.39 is 0 Å². The van der Waals surface area contributed by atoms with E-state index in [1.165, 1.54) is 48.8 Å². The predicted octanol–water partition coefficient (Wildman–Crippen LogP) is 3.93. The molecule has 1 aliphatic rings. The maximum atomic E-state index is 6.02. The highest BCUT2D eigenvalue weighted by Gasteiger charge is 2.25. The molecule has 19 heavy (non-hydrogen) atoms. The number of rotatable bonds is 3. The third-order valence-electron chi connectivity index (χ3n) is 4.64. The fraction of sp³-hybridized carbons (Fsp3) is 0.647. The molecule has 2 N–H and O–H groups in total. The van der Waals surface area contributed by atoms with Crippen molar-refractivity contribution in [3.8, 4) is 5.75 Å². The SMILES string of the molecule is COc1cc(C)c(C2CCCCCC2CN)cc1C. The molecule has 0 aliphatic heterocycles. The summed E-state index contributed by atoms with van der Waals surface area (Å²) in [4.78, 5) is 0. The second-order valence-electron chi connectivity index (χ2n) is 5.92. The van der Waals surface area contributed by atoms with E-state index >= 15 is 0 Å². The maximum absolute atomic E-state index is 6.02. The molecule has 0 aromatic heterocycles. The quantitative estimate of drug-likeness (QED) is 0.837. The molecule has 0 heterocycles. The van der Waals surface area contributed by atoms with Gasteiger partial charge in [0.25, 0.3) is 0 Å². The highest BCUT2D eigenvalue weighted by atomic mass is 16.5. The van der Waals surface area contributed by atoms with Crippen molar-refractivity contribution in [1.29, 1.82) is 0 Å². The monoisotopic (exact) mass is 261 g/mol. The summed E-state index contributed by atoms with van der Waals surface area (Å²) in [6.07, 6.45) is 6.61. The van der Waals surface area contributed by atoms with Crippen molar-refractivity contribution in [2.45, 2.75) is 51.9 Å². The summed E-state index contributed by atoms with van der Waals surface area (Å²) < 4.78 is 5.42. The van der Waals surface area contributed by atoms with Gasteiger partial charge in [0.05, 0.1) is 7.11 Å². The van der Waals surface area contributed by atoms with Crippen molar-refractivity contribution >= 4 is 0 Å². The summed E-state index contributed by atoms with van der Waals surface area (Å²) in [5, 5.41) is 0. The minimum absolute atomic E-state index is 0.636. The number of nitrogens with two attached hydrogens (primary N) is 1. The van der Waals surface area contributed by atoms with E-state index in [0.29, 0.717) is 11.8 Å². The summed E-state index contributed by atoms with van der Waals surface area (Å²) in [5.74, 6) is 2.28. The van der Waals surface area contributed by atoms with Gasteiger partial charge in [0, 0.05) is 0 Å². The summed E-state index contributed by atoms with van der Waals surface area (Å²) in [6, 6.07) is 4.51. The Hall–Kier alpha value is -1.02. The second-order valence-corrected chi connectivity index (χ2v) is 5.92. The van der Waals surface area contributed by atoms with E-state index in [1.54, 1.807) is 7.11 Å². The van der Waals surface area contributed by atoms with Crippen LogP contribution in [0.15, 0.2) is 12.1 Å². The van der Waals surface area contributed by atoms with Crippen LogP contribution in [0.2, 0.25) is 0 Å². The Balaban J connectivity index is 2.35. The van der Waals surface area contributed by atoms with Crippen LogP contribution in [0, 0.1) is 19.8 Å². The third kappa shape index (κ3) is 3.11. The Labute approximate surface area is 117 Å². The molecule has 1 aromatic rings. The van der Waals surface area contributed by atoms with Crippen LogP contribution in [0.4, 0.5) is 0 Å². The molecule has 2 unspecified atom stereocenters. The molecule has 2 atom stereocenters. The first kappa shape index (κ1) is 14.4. The van der Waals surface area contributed by atoms with Gasteiger partial charge >= 0.3 is 0 Å². The molecule has 0 radical (unpaired) electrons. The maximum Gasteiger partial charge on any atom is 0.122 e. The van der Waals surface area contributed by atoms with Crippen LogP contribution in [-0.2, 0) is 0 Å². The van der Waals surface area contributed by atoms with Crippen LogP contribution in [0.1, 0.15) is 54.7 Å². The van der Waals surface area contributed by atoms with Gasteiger partial charge in [-0.3, -0.25) is 0 Å². The van der Waals surface area contributed by atoms with E-state index in [0.717, 1.165) is 12.3 Å². The van der Waals surface area contributed by atoms with Crippen LogP contribution < -0.4 is 10.5 Å². The Bertz CT molecular complexity index is 428. The number of benzene rings is 1. The van der Waals surface area contributed by atoms with Crippen molar-refractivity contribution in [1.82, 2.24) is 0 Å². The first-order chi connectivity index (χ1) is 9.17. The molecule has 0 saturated heterocycles. The van der Waals surface area contributed by atoms with Crippen LogP contribution in [0.3, 0.4) is 0 Å². The third-order valence-corrected chi connectivity index (χ3v) is 4.64. The molecule has 1 aromatic carbocycles. The van der Waals surface area contributed by atoms with Gasteiger partial charge in [-0.2, -0.15) is 0 Å². The van der Waals surface area contributed by atoms with Crippen molar-refractivity contribution < 1.29 is 4.74 Å². The lowest BCUT2D eigenvalue weighted by atomic mass is 9.80. The normalized spacial score (nSPS) is 24.0. The first-order valence-electron chi connectivity index (χ1n) is 7.52. The fourth-order valence-electron chi connectivity index (χ4n) is 3.51. The minimum atomic E-state index is 0.636. The van der Waals surface area contributed by atoms with Crippen molar-refractivity contribution in [3.05, 3.63) is 28.8 Å².